The molecule has 2 aliphatic rings. The average Bonchev–Trinajstić information content (AvgIpc) is 2.05. The van der Waals surface area contributed by atoms with Gasteiger partial charge in [0, 0.05) is 19.0 Å². The highest BCUT2D eigenvalue weighted by Gasteiger charge is 2.55. The number of halogens is 2. The van der Waals surface area contributed by atoms with Gasteiger partial charge in [-0.05, 0) is 20.8 Å². The van der Waals surface area contributed by atoms with Crippen molar-refractivity contribution in [2.45, 2.75) is 38.3 Å². The smallest absolute Gasteiger partial charge is 0.410 e. The van der Waals surface area contributed by atoms with Crippen molar-refractivity contribution in [2.75, 3.05) is 19.6 Å². The number of alkyl halides is 2. The highest BCUT2D eigenvalue weighted by atomic mass is 19.3. The van der Waals surface area contributed by atoms with Crippen LogP contribution in [0.1, 0.15) is 20.8 Å². The summed E-state index contributed by atoms with van der Waals surface area (Å²) in [5, 5.41) is 2.72. The fourth-order valence-corrected chi connectivity index (χ4v) is 2.08. The van der Waals surface area contributed by atoms with Gasteiger partial charge in [-0.1, -0.05) is 0 Å². The number of carbonyl (C=O) groups is 1. The van der Waals surface area contributed by atoms with Gasteiger partial charge in [-0.25, -0.2) is 13.6 Å². The molecule has 1 unspecified atom stereocenters. The minimum atomic E-state index is -2.62. The maximum atomic E-state index is 13.1. The number of rotatable bonds is 1. The monoisotopic (exact) mass is 248 g/mol. The molecule has 6 heteroatoms. The zero-order valence-electron chi connectivity index (χ0n) is 10.3. The Balaban J connectivity index is 1.78. The summed E-state index contributed by atoms with van der Waals surface area (Å²) in [4.78, 5) is 13.0. The topological polar surface area (TPSA) is 41.6 Å². The fourth-order valence-electron chi connectivity index (χ4n) is 2.08. The third-order valence-corrected chi connectivity index (χ3v) is 3.05. The van der Waals surface area contributed by atoms with E-state index in [1.807, 2.05) is 0 Å². The van der Waals surface area contributed by atoms with Gasteiger partial charge < -0.3 is 15.0 Å². The average molecular weight is 248 g/mol. The minimum absolute atomic E-state index is 0.161. The predicted octanol–water partition coefficient (Wildman–Crippen LogP) is 1.46. The summed E-state index contributed by atoms with van der Waals surface area (Å²) in [6, 6.07) is -0.777. The molecule has 2 saturated heterocycles. The molecule has 1 atom stereocenters. The van der Waals surface area contributed by atoms with Crippen LogP contribution >= 0.6 is 0 Å². The van der Waals surface area contributed by atoms with Gasteiger partial charge in [-0.15, -0.1) is 0 Å². The second-order valence-electron chi connectivity index (χ2n) is 5.77. The van der Waals surface area contributed by atoms with E-state index in [2.05, 4.69) is 5.32 Å². The van der Waals surface area contributed by atoms with Crippen LogP contribution in [0, 0.1) is 5.92 Å². The number of nitrogens with one attached hydrogen (secondary N) is 1. The number of nitrogens with zero attached hydrogens (tertiary/aromatic N) is 1. The molecule has 4 nitrogen and oxygen atoms in total. The second-order valence-corrected chi connectivity index (χ2v) is 5.77. The summed E-state index contributed by atoms with van der Waals surface area (Å²) in [5.41, 5.74) is -0.541. The van der Waals surface area contributed by atoms with Crippen molar-refractivity contribution in [1.82, 2.24) is 10.2 Å². The van der Waals surface area contributed by atoms with E-state index in [-0.39, 0.29) is 12.5 Å². The summed E-state index contributed by atoms with van der Waals surface area (Å²) >= 11 is 0. The largest absolute Gasteiger partial charge is 0.444 e. The summed E-state index contributed by atoms with van der Waals surface area (Å²) in [7, 11) is 0. The van der Waals surface area contributed by atoms with E-state index in [4.69, 9.17) is 4.74 Å². The molecule has 2 aliphatic heterocycles. The Labute approximate surface area is 99.3 Å². The van der Waals surface area contributed by atoms with Crippen LogP contribution in [0.3, 0.4) is 0 Å². The molecule has 0 saturated carbocycles. The second kappa shape index (κ2) is 3.80. The number of ether oxygens (including phenoxy) is 1. The summed E-state index contributed by atoms with van der Waals surface area (Å²) in [6.07, 6.45) is -0.420. The Morgan fingerprint density at radius 1 is 1.41 bits per heavy atom. The molecule has 0 spiro atoms. The molecule has 1 N–H and O–H groups in total. The van der Waals surface area contributed by atoms with Crippen LogP contribution in [0.2, 0.25) is 0 Å². The number of hydrogen-bond acceptors (Lipinski definition) is 3. The highest BCUT2D eigenvalue weighted by molar-refractivity contribution is 5.69. The van der Waals surface area contributed by atoms with Crippen LogP contribution in [0.15, 0.2) is 0 Å². The quantitative estimate of drug-likeness (QED) is 0.764. The summed E-state index contributed by atoms with van der Waals surface area (Å²) < 4.78 is 31.3. The fraction of sp³-hybridized carbons (Fsp3) is 0.909. The zero-order valence-corrected chi connectivity index (χ0v) is 10.3. The maximum Gasteiger partial charge on any atom is 0.410 e. The zero-order chi connectivity index (χ0) is 12.8. The Hall–Kier alpha value is -0.910. The lowest BCUT2D eigenvalue weighted by Gasteiger charge is -2.50. The predicted molar refractivity (Wildman–Crippen MR) is 58.0 cm³/mol. The van der Waals surface area contributed by atoms with E-state index in [0.29, 0.717) is 13.1 Å². The number of amides is 1. The standard InChI is InChI=1S/C11H18F2N2O2/c1-10(2,3)17-9(16)15-4-7(5-15)8-11(12,13)6-14-8/h7-8,14H,4-6H2,1-3H3. The van der Waals surface area contributed by atoms with Crippen molar-refractivity contribution < 1.29 is 18.3 Å². The van der Waals surface area contributed by atoms with Gasteiger partial charge in [0.05, 0.1) is 12.6 Å². The van der Waals surface area contributed by atoms with Gasteiger partial charge in [0.1, 0.15) is 5.60 Å². The summed E-state index contributed by atoms with van der Waals surface area (Å²) in [6.45, 7) is 5.79. The van der Waals surface area contributed by atoms with E-state index in [1.54, 1.807) is 20.8 Å². The lowest BCUT2D eigenvalue weighted by atomic mass is 9.83. The molecule has 1 amide bonds. The molecule has 0 radical (unpaired) electrons. The van der Waals surface area contributed by atoms with Crippen LogP contribution in [-0.4, -0.2) is 48.2 Å². The minimum Gasteiger partial charge on any atom is -0.444 e. The van der Waals surface area contributed by atoms with Crippen LogP contribution in [0.25, 0.3) is 0 Å². The molecule has 98 valence electrons. The first-order valence-electron chi connectivity index (χ1n) is 5.78. The third kappa shape index (κ3) is 2.51. The van der Waals surface area contributed by atoms with E-state index in [1.165, 1.54) is 4.90 Å². The molecule has 0 aromatic heterocycles. The van der Waals surface area contributed by atoms with E-state index in [0.717, 1.165) is 0 Å². The SMILES string of the molecule is CC(C)(C)OC(=O)N1CC(C2NCC2(F)F)C1. The third-order valence-electron chi connectivity index (χ3n) is 3.05. The first-order valence-corrected chi connectivity index (χ1v) is 5.78. The highest BCUT2D eigenvalue weighted by Crippen LogP contribution is 2.35. The van der Waals surface area contributed by atoms with Crippen LogP contribution in [0.4, 0.5) is 13.6 Å². The molecule has 0 aromatic rings. The van der Waals surface area contributed by atoms with Gasteiger partial charge in [0.15, 0.2) is 0 Å². The van der Waals surface area contributed by atoms with Crippen molar-refractivity contribution in [3.05, 3.63) is 0 Å². The van der Waals surface area contributed by atoms with Crippen molar-refractivity contribution in [1.29, 1.82) is 0 Å². The molecular weight excluding hydrogens is 230 g/mol. The van der Waals surface area contributed by atoms with Gasteiger partial charge in [0.2, 0.25) is 0 Å². The lowest BCUT2D eigenvalue weighted by molar-refractivity contribution is -0.136. The van der Waals surface area contributed by atoms with Crippen molar-refractivity contribution in [2.24, 2.45) is 5.92 Å². The molecule has 0 aliphatic carbocycles. The molecule has 17 heavy (non-hydrogen) atoms. The Kier molecular flexibility index (Phi) is 2.80. The first kappa shape index (κ1) is 12.5. The number of carbonyl (C=O) groups excluding carboxylic acids is 1. The Morgan fingerprint density at radius 3 is 2.35 bits per heavy atom. The number of likely N-dealkylation sites (tertiary alicyclic amines) is 1. The van der Waals surface area contributed by atoms with Crippen LogP contribution in [-0.2, 0) is 4.74 Å². The maximum absolute atomic E-state index is 13.1. The molecule has 2 rings (SSSR count). The first-order chi connectivity index (χ1) is 7.69. The van der Waals surface area contributed by atoms with Crippen LogP contribution < -0.4 is 5.32 Å². The van der Waals surface area contributed by atoms with Crippen molar-refractivity contribution >= 4 is 6.09 Å². The number of hydrogen-bond donors (Lipinski definition) is 1. The van der Waals surface area contributed by atoms with Gasteiger partial charge in [-0.3, -0.25) is 0 Å². The molecule has 2 heterocycles. The molecule has 2 fully saturated rings. The van der Waals surface area contributed by atoms with E-state index >= 15 is 0 Å². The normalized spacial score (nSPS) is 28.3. The summed E-state index contributed by atoms with van der Waals surface area (Å²) in [5.74, 6) is -2.78. The van der Waals surface area contributed by atoms with Crippen molar-refractivity contribution in [3.8, 4) is 0 Å². The van der Waals surface area contributed by atoms with Gasteiger partial charge >= 0.3 is 6.09 Å². The lowest BCUT2D eigenvalue weighted by Crippen LogP contribution is -2.72. The molecule has 0 bridgehead atoms. The van der Waals surface area contributed by atoms with Crippen molar-refractivity contribution in [3.63, 3.8) is 0 Å². The Morgan fingerprint density at radius 2 is 2.00 bits per heavy atom. The Bertz CT molecular complexity index is 322. The van der Waals surface area contributed by atoms with Gasteiger partial charge in [-0.2, -0.15) is 0 Å². The van der Waals surface area contributed by atoms with Crippen LogP contribution in [0.5, 0.6) is 0 Å². The van der Waals surface area contributed by atoms with E-state index in [9.17, 15) is 13.6 Å². The van der Waals surface area contributed by atoms with Gasteiger partial charge in [0.25, 0.3) is 5.92 Å². The molecule has 0 aromatic carbocycles. The molecular formula is C11H18F2N2O2. The van der Waals surface area contributed by atoms with E-state index < -0.39 is 23.7 Å².